The zero-order valence-corrected chi connectivity index (χ0v) is 21.2. The van der Waals surface area contributed by atoms with Crippen LogP contribution < -0.4 is 10.1 Å². The third-order valence-electron chi connectivity index (χ3n) is 8.34. The maximum atomic E-state index is 13.3. The molecule has 37 heavy (non-hydrogen) atoms. The number of amides is 1. The lowest BCUT2D eigenvalue weighted by Crippen LogP contribution is -2.53. The van der Waals surface area contributed by atoms with Crippen LogP contribution in [0, 0.1) is 16.7 Å². The summed E-state index contributed by atoms with van der Waals surface area (Å²) in [5.41, 5.74) is 5.63. The second kappa shape index (κ2) is 9.08. The topological polar surface area (TPSA) is 79.9 Å². The van der Waals surface area contributed by atoms with Crippen molar-refractivity contribution in [3.8, 4) is 22.9 Å². The van der Waals surface area contributed by atoms with E-state index in [0.717, 1.165) is 40.4 Å². The molecule has 1 atom stereocenters. The van der Waals surface area contributed by atoms with Crippen LogP contribution in [0.5, 0.6) is 5.75 Å². The van der Waals surface area contributed by atoms with Crippen LogP contribution in [0.2, 0.25) is 0 Å². The van der Waals surface area contributed by atoms with Gasteiger partial charge < -0.3 is 10.1 Å². The number of nitrogens with one attached hydrogen (secondary N) is 1. The van der Waals surface area contributed by atoms with Crippen LogP contribution >= 0.6 is 0 Å². The molecule has 2 fully saturated rings. The van der Waals surface area contributed by atoms with E-state index < -0.39 is 0 Å². The summed E-state index contributed by atoms with van der Waals surface area (Å²) < 4.78 is 7.31. The first kappa shape index (κ1) is 23.3. The molecule has 1 amide bonds. The Morgan fingerprint density at radius 3 is 2.59 bits per heavy atom. The number of para-hydroxylation sites is 1. The van der Waals surface area contributed by atoms with Gasteiger partial charge in [-0.25, -0.2) is 0 Å². The number of fused-ring (bicyclic) bond motifs is 1. The number of carbonyl (C=O) groups is 1. The Balaban J connectivity index is 1.26. The van der Waals surface area contributed by atoms with Gasteiger partial charge in [0.1, 0.15) is 5.75 Å². The van der Waals surface area contributed by atoms with E-state index in [1.807, 2.05) is 53.3 Å². The fourth-order valence-corrected chi connectivity index (χ4v) is 6.06. The van der Waals surface area contributed by atoms with Crippen LogP contribution in [0.4, 0.5) is 0 Å². The second-order valence-corrected chi connectivity index (χ2v) is 10.6. The molecule has 6 nitrogen and oxygen atoms in total. The van der Waals surface area contributed by atoms with Gasteiger partial charge in [-0.15, -0.1) is 0 Å². The number of methoxy groups -OCH3 is 1. The van der Waals surface area contributed by atoms with Gasteiger partial charge in [-0.2, -0.15) is 10.4 Å². The third-order valence-corrected chi connectivity index (χ3v) is 8.34. The molecule has 6 heteroatoms. The first-order valence-corrected chi connectivity index (χ1v) is 13.0. The lowest BCUT2D eigenvalue weighted by Gasteiger charge is -2.54. The minimum Gasteiger partial charge on any atom is -0.497 e. The van der Waals surface area contributed by atoms with Crippen LogP contribution in [0.25, 0.3) is 22.0 Å². The first-order chi connectivity index (χ1) is 18.0. The molecule has 2 aliphatic rings. The Morgan fingerprint density at radius 2 is 1.92 bits per heavy atom. The van der Waals surface area contributed by atoms with E-state index in [0.29, 0.717) is 22.3 Å². The molecule has 1 aromatic heterocycles. The highest BCUT2D eigenvalue weighted by atomic mass is 16.5. The van der Waals surface area contributed by atoms with Gasteiger partial charge in [0, 0.05) is 11.4 Å². The lowest BCUT2D eigenvalue weighted by atomic mass is 9.54. The fourth-order valence-electron chi connectivity index (χ4n) is 6.06. The molecule has 3 aromatic carbocycles. The molecule has 0 aliphatic heterocycles. The van der Waals surface area contributed by atoms with Crippen molar-refractivity contribution in [1.82, 2.24) is 15.1 Å². The van der Waals surface area contributed by atoms with Crippen molar-refractivity contribution in [3.05, 3.63) is 83.6 Å². The van der Waals surface area contributed by atoms with Crippen molar-refractivity contribution < 1.29 is 9.53 Å². The van der Waals surface area contributed by atoms with E-state index in [-0.39, 0.29) is 18.0 Å². The molecule has 2 aliphatic carbocycles. The number of benzene rings is 3. The van der Waals surface area contributed by atoms with Gasteiger partial charge in [-0.3, -0.25) is 9.48 Å². The molecule has 1 spiro atoms. The van der Waals surface area contributed by atoms with Crippen LogP contribution in [0.15, 0.2) is 66.9 Å². The highest BCUT2D eigenvalue weighted by molar-refractivity contribution is 6.05. The molecule has 0 radical (unpaired) electrons. The number of ether oxygens (including phenoxy) is 1. The van der Waals surface area contributed by atoms with E-state index in [1.165, 1.54) is 19.3 Å². The predicted octanol–water partition coefficient (Wildman–Crippen LogP) is 6.26. The Kier molecular flexibility index (Phi) is 5.72. The smallest absolute Gasteiger partial charge is 0.253 e. The summed E-state index contributed by atoms with van der Waals surface area (Å²) in [5.74, 6) is 0.644. The second-order valence-electron chi connectivity index (χ2n) is 10.6. The fraction of sp³-hybridized carbons (Fsp3) is 0.323. The van der Waals surface area contributed by atoms with Crippen molar-refractivity contribution in [2.75, 3.05) is 7.11 Å². The van der Waals surface area contributed by atoms with Crippen molar-refractivity contribution >= 4 is 16.8 Å². The number of hydrogen-bond acceptors (Lipinski definition) is 4. The van der Waals surface area contributed by atoms with Crippen LogP contribution in [-0.4, -0.2) is 28.8 Å². The molecule has 4 aromatic rings. The van der Waals surface area contributed by atoms with E-state index in [2.05, 4.69) is 35.5 Å². The van der Waals surface area contributed by atoms with Gasteiger partial charge >= 0.3 is 0 Å². The number of aromatic nitrogens is 2. The summed E-state index contributed by atoms with van der Waals surface area (Å²) in [5, 5.41) is 18.3. The number of rotatable bonds is 6. The Morgan fingerprint density at radius 1 is 1.14 bits per heavy atom. The maximum Gasteiger partial charge on any atom is 0.253 e. The monoisotopic (exact) mass is 490 g/mol. The number of nitriles is 1. The zero-order chi connectivity index (χ0) is 25.6. The largest absolute Gasteiger partial charge is 0.497 e. The summed E-state index contributed by atoms with van der Waals surface area (Å²) in [6.45, 7) is 2.10. The summed E-state index contributed by atoms with van der Waals surface area (Å²) >= 11 is 0. The molecule has 186 valence electrons. The Bertz CT molecular complexity index is 1520. The van der Waals surface area contributed by atoms with Crippen molar-refractivity contribution in [1.29, 1.82) is 5.26 Å². The van der Waals surface area contributed by atoms with Crippen molar-refractivity contribution in [2.24, 2.45) is 5.41 Å². The summed E-state index contributed by atoms with van der Waals surface area (Å²) in [7, 11) is 1.60. The molecule has 1 heterocycles. The van der Waals surface area contributed by atoms with Crippen molar-refractivity contribution in [2.45, 2.75) is 51.1 Å². The molecule has 6 rings (SSSR count). The third kappa shape index (κ3) is 4.15. The van der Waals surface area contributed by atoms with Crippen LogP contribution in [0.3, 0.4) is 0 Å². The van der Waals surface area contributed by atoms with Gasteiger partial charge in [0.15, 0.2) is 0 Å². The number of carbonyl (C=O) groups excluding carboxylic acids is 1. The quantitative estimate of drug-likeness (QED) is 0.346. The van der Waals surface area contributed by atoms with E-state index in [4.69, 9.17) is 4.74 Å². The normalized spacial score (nSPS) is 17.0. The van der Waals surface area contributed by atoms with Gasteiger partial charge in [0.05, 0.1) is 42.1 Å². The zero-order valence-electron chi connectivity index (χ0n) is 21.2. The van der Waals surface area contributed by atoms with Gasteiger partial charge in [-0.1, -0.05) is 42.8 Å². The Hall–Kier alpha value is -4.11. The molecular weight excluding hydrogens is 460 g/mol. The minimum atomic E-state index is -0.0672. The maximum absolute atomic E-state index is 13.3. The first-order valence-electron chi connectivity index (χ1n) is 13.0. The number of hydrogen-bond donors (Lipinski definition) is 1. The molecule has 0 unspecified atom stereocenters. The van der Waals surface area contributed by atoms with E-state index >= 15 is 0 Å². The molecule has 2 saturated carbocycles. The van der Waals surface area contributed by atoms with Gasteiger partial charge in [0.25, 0.3) is 5.91 Å². The SMILES string of the molecule is COc1cc(C#N)cc(-c2ccc([C@H](C)n3ncc4cccc(C(=O)NC5CC6(CCC6)C5)c43)cc2)c1. The average Bonchev–Trinajstić information content (AvgIpc) is 3.33. The molecule has 0 bridgehead atoms. The molecular formula is C31H30N4O2. The van der Waals surface area contributed by atoms with Gasteiger partial charge in [0.2, 0.25) is 0 Å². The van der Waals surface area contributed by atoms with Gasteiger partial charge in [-0.05, 0) is 79.0 Å². The number of nitrogens with zero attached hydrogens (tertiary/aromatic N) is 3. The Labute approximate surface area is 216 Å². The molecule has 1 N–H and O–H groups in total. The lowest BCUT2D eigenvalue weighted by molar-refractivity contribution is -0.000604. The highest BCUT2D eigenvalue weighted by Crippen LogP contribution is 2.55. The summed E-state index contributed by atoms with van der Waals surface area (Å²) in [4.78, 5) is 13.3. The van der Waals surface area contributed by atoms with E-state index in [9.17, 15) is 10.1 Å². The standard InChI is InChI=1S/C31H30N4O2/c1-20(22-7-9-23(10-8-22)25-13-21(18-32)14-27(15-25)37-2)35-29-24(19-33-35)5-3-6-28(29)30(36)34-26-16-31(17-26)11-4-12-31/h3,5-10,13-15,19-20,26H,4,11-12,16-17H2,1-2H3,(H,34,36)/t20-/m0/s1. The van der Waals surface area contributed by atoms with Crippen LogP contribution in [-0.2, 0) is 0 Å². The van der Waals surface area contributed by atoms with Crippen molar-refractivity contribution in [3.63, 3.8) is 0 Å². The average molecular weight is 491 g/mol. The van der Waals surface area contributed by atoms with Crippen LogP contribution in [0.1, 0.15) is 66.6 Å². The molecule has 0 saturated heterocycles. The summed E-state index contributed by atoms with van der Waals surface area (Å²) in [6.07, 6.45) is 8.02. The minimum absolute atomic E-state index is 0.0135. The highest BCUT2D eigenvalue weighted by Gasteiger charge is 2.48. The van der Waals surface area contributed by atoms with E-state index in [1.54, 1.807) is 13.2 Å². The summed E-state index contributed by atoms with van der Waals surface area (Å²) in [6, 6.07) is 22.0. The predicted molar refractivity (Wildman–Crippen MR) is 143 cm³/mol.